The van der Waals surface area contributed by atoms with E-state index in [9.17, 15) is 4.79 Å². The Balaban J connectivity index is 2.26. The molecule has 5 nitrogen and oxygen atoms in total. The minimum Gasteiger partial charge on any atom is -0.493 e. The summed E-state index contributed by atoms with van der Waals surface area (Å²) < 4.78 is 11.2. The summed E-state index contributed by atoms with van der Waals surface area (Å²) >= 11 is 0. The van der Waals surface area contributed by atoms with E-state index in [-0.39, 0.29) is 5.91 Å². The van der Waals surface area contributed by atoms with E-state index >= 15 is 0 Å². The van der Waals surface area contributed by atoms with Gasteiger partial charge >= 0.3 is 5.91 Å². The van der Waals surface area contributed by atoms with Crippen LogP contribution >= 0.6 is 0 Å². The molecule has 1 heterocycles. The largest absolute Gasteiger partial charge is 0.493 e. The maximum absolute atomic E-state index is 12.3. The van der Waals surface area contributed by atoms with Gasteiger partial charge in [-0.25, -0.2) is 4.79 Å². The van der Waals surface area contributed by atoms with Crippen molar-refractivity contribution < 1.29 is 18.8 Å². The molecule has 0 aliphatic carbocycles. The van der Waals surface area contributed by atoms with E-state index in [1.54, 1.807) is 14.2 Å². The lowest BCUT2D eigenvalue weighted by Crippen LogP contribution is -2.51. The molecule has 1 aromatic carbocycles. The van der Waals surface area contributed by atoms with Crippen molar-refractivity contribution in [2.75, 3.05) is 40.9 Å². The van der Waals surface area contributed by atoms with Gasteiger partial charge in [0.25, 0.3) is 0 Å². The number of quaternary nitrogens is 1. The standard InChI is InChI=1S/C16H25N2O3/c1-18(16(19)4-7-17)8-5-12-10-14(20-2)15(21-3)11-13(12)6-9-18/h10-11H,4-9,17H2,1-3H3/q+1. The molecule has 0 unspecified atom stereocenters. The number of likely N-dealkylation sites (N-methyl/N-ethyl adjacent to an activating group) is 1. The molecule has 1 aliphatic heterocycles. The first kappa shape index (κ1) is 15.8. The van der Waals surface area contributed by atoms with Crippen LogP contribution in [0.1, 0.15) is 17.5 Å². The van der Waals surface area contributed by atoms with Crippen LogP contribution in [0.3, 0.4) is 0 Å². The maximum atomic E-state index is 12.3. The van der Waals surface area contributed by atoms with Gasteiger partial charge in [0.05, 0.1) is 40.8 Å². The van der Waals surface area contributed by atoms with Crippen LogP contribution in [0.5, 0.6) is 11.5 Å². The second-order valence-electron chi connectivity index (χ2n) is 5.75. The van der Waals surface area contributed by atoms with Crippen molar-refractivity contribution >= 4 is 5.91 Å². The third kappa shape index (κ3) is 3.19. The number of methoxy groups -OCH3 is 2. The van der Waals surface area contributed by atoms with Gasteiger partial charge < -0.3 is 15.2 Å². The Kier molecular flexibility index (Phi) is 4.85. The lowest BCUT2D eigenvalue weighted by atomic mass is 10.0. The summed E-state index contributed by atoms with van der Waals surface area (Å²) in [5.74, 6) is 1.73. The molecule has 1 amide bonds. The fourth-order valence-electron chi connectivity index (χ4n) is 2.92. The molecule has 1 aromatic rings. The maximum Gasteiger partial charge on any atom is 0.314 e. The molecule has 5 heteroatoms. The van der Waals surface area contributed by atoms with Gasteiger partial charge in [0.15, 0.2) is 11.5 Å². The molecule has 0 fully saturated rings. The SMILES string of the molecule is COc1cc2c(cc1OC)CC[N+](C)(C(=O)CCN)CC2. The normalized spacial score (nSPS) is 16.8. The third-order valence-electron chi connectivity index (χ3n) is 4.42. The fraction of sp³-hybridized carbons (Fsp3) is 0.562. The van der Waals surface area contributed by atoms with Crippen molar-refractivity contribution in [2.24, 2.45) is 5.73 Å². The van der Waals surface area contributed by atoms with Gasteiger partial charge in [-0.1, -0.05) is 0 Å². The van der Waals surface area contributed by atoms with Crippen LogP contribution in [0, 0.1) is 0 Å². The Morgan fingerprint density at radius 3 is 2.00 bits per heavy atom. The van der Waals surface area contributed by atoms with E-state index in [1.807, 2.05) is 19.2 Å². The second kappa shape index (κ2) is 6.45. The predicted octanol–water partition coefficient (Wildman–Crippen LogP) is 1.12. The molecule has 1 aliphatic rings. The number of carbonyl (C=O) groups is 1. The molecule has 21 heavy (non-hydrogen) atoms. The monoisotopic (exact) mass is 293 g/mol. The molecule has 0 radical (unpaired) electrons. The van der Waals surface area contributed by atoms with Crippen LogP contribution < -0.4 is 15.2 Å². The van der Waals surface area contributed by atoms with Crippen molar-refractivity contribution in [2.45, 2.75) is 19.3 Å². The summed E-state index contributed by atoms with van der Waals surface area (Å²) in [6.45, 7) is 2.03. The molecule has 0 saturated heterocycles. The topological polar surface area (TPSA) is 61.5 Å². The van der Waals surface area contributed by atoms with Gasteiger partial charge in [-0.3, -0.25) is 4.48 Å². The van der Waals surface area contributed by atoms with E-state index in [4.69, 9.17) is 15.2 Å². The summed E-state index contributed by atoms with van der Waals surface area (Å²) in [7, 11) is 5.30. The first-order valence-corrected chi connectivity index (χ1v) is 7.36. The Morgan fingerprint density at radius 1 is 1.14 bits per heavy atom. The molecule has 2 N–H and O–H groups in total. The zero-order valence-electron chi connectivity index (χ0n) is 13.1. The summed E-state index contributed by atoms with van der Waals surface area (Å²) in [4.78, 5) is 12.3. The van der Waals surface area contributed by atoms with Gasteiger partial charge in [0, 0.05) is 19.4 Å². The molecule has 0 spiro atoms. The number of carbonyl (C=O) groups excluding carboxylic acids is 1. The molecule has 0 aromatic heterocycles. The molecule has 0 bridgehead atoms. The molecular weight excluding hydrogens is 268 g/mol. The number of amides is 1. The number of hydrogen-bond acceptors (Lipinski definition) is 4. The molecular formula is C16H25N2O3+. The Morgan fingerprint density at radius 2 is 1.62 bits per heavy atom. The zero-order chi connectivity index (χ0) is 15.5. The van der Waals surface area contributed by atoms with Crippen LogP contribution in [0.4, 0.5) is 0 Å². The number of ether oxygens (including phenoxy) is 2. The third-order valence-corrected chi connectivity index (χ3v) is 4.42. The summed E-state index contributed by atoms with van der Waals surface area (Å²) in [6, 6.07) is 4.08. The lowest BCUT2D eigenvalue weighted by molar-refractivity contribution is -0.833. The average Bonchev–Trinajstić information content (AvgIpc) is 2.66. The van der Waals surface area contributed by atoms with Gasteiger partial charge in [-0.2, -0.15) is 0 Å². The number of nitrogens with zero attached hydrogens (tertiary/aromatic N) is 1. The summed E-state index contributed by atoms with van der Waals surface area (Å²) in [5.41, 5.74) is 8.02. The highest BCUT2D eigenvalue weighted by Crippen LogP contribution is 2.33. The predicted molar refractivity (Wildman–Crippen MR) is 81.6 cm³/mol. The van der Waals surface area contributed by atoms with Crippen LogP contribution in [-0.2, 0) is 17.6 Å². The van der Waals surface area contributed by atoms with Crippen LogP contribution in [-0.4, -0.2) is 51.3 Å². The van der Waals surface area contributed by atoms with Crippen LogP contribution in [0.2, 0.25) is 0 Å². The fourth-order valence-corrected chi connectivity index (χ4v) is 2.92. The van der Waals surface area contributed by atoms with Gasteiger partial charge in [-0.05, 0) is 23.3 Å². The minimum absolute atomic E-state index is 0.226. The van der Waals surface area contributed by atoms with Gasteiger partial charge in [0.2, 0.25) is 0 Å². The lowest BCUT2D eigenvalue weighted by Gasteiger charge is -2.30. The number of nitrogens with two attached hydrogens (primary N) is 1. The van der Waals surface area contributed by atoms with Crippen molar-refractivity contribution in [3.8, 4) is 11.5 Å². The highest BCUT2D eigenvalue weighted by molar-refractivity contribution is 5.69. The summed E-state index contributed by atoms with van der Waals surface area (Å²) in [5, 5.41) is 0. The molecule has 116 valence electrons. The van der Waals surface area contributed by atoms with E-state index in [1.165, 1.54) is 11.1 Å². The van der Waals surface area contributed by atoms with Crippen molar-refractivity contribution in [1.29, 1.82) is 0 Å². The highest BCUT2D eigenvalue weighted by atomic mass is 16.5. The van der Waals surface area contributed by atoms with Crippen LogP contribution in [0.25, 0.3) is 0 Å². The summed E-state index contributed by atoms with van der Waals surface area (Å²) in [6.07, 6.45) is 2.17. The first-order chi connectivity index (χ1) is 10.0. The Labute approximate surface area is 126 Å². The van der Waals surface area contributed by atoms with Crippen LogP contribution in [0.15, 0.2) is 12.1 Å². The smallest absolute Gasteiger partial charge is 0.314 e. The average molecular weight is 293 g/mol. The van der Waals surface area contributed by atoms with E-state index < -0.39 is 0 Å². The number of benzene rings is 1. The Hall–Kier alpha value is -1.59. The van der Waals surface area contributed by atoms with E-state index in [0.29, 0.717) is 17.4 Å². The number of rotatable bonds is 4. The number of hydrogen-bond donors (Lipinski definition) is 1. The molecule has 0 atom stereocenters. The first-order valence-electron chi connectivity index (χ1n) is 7.36. The van der Waals surface area contributed by atoms with Crippen molar-refractivity contribution in [1.82, 2.24) is 0 Å². The minimum atomic E-state index is 0.226. The van der Waals surface area contributed by atoms with Crippen molar-refractivity contribution in [3.63, 3.8) is 0 Å². The van der Waals surface area contributed by atoms with Crippen molar-refractivity contribution in [3.05, 3.63) is 23.3 Å². The van der Waals surface area contributed by atoms with E-state index in [2.05, 4.69) is 0 Å². The molecule has 2 rings (SSSR count). The zero-order valence-corrected chi connectivity index (χ0v) is 13.1. The second-order valence-corrected chi connectivity index (χ2v) is 5.75. The number of fused-ring (bicyclic) bond motifs is 1. The highest BCUT2D eigenvalue weighted by Gasteiger charge is 2.33. The Bertz CT molecular complexity index is 493. The quantitative estimate of drug-likeness (QED) is 0.845. The molecule has 0 saturated carbocycles. The van der Waals surface area contributed by atoms with Gasteiger partial charge in [-0.15, -0.1) is 0 Å². The van der Waals surface area contributed by atoms with Gasteiger partial charge in [0.1, 0.15) is 0 Å². The van der Waals surface area contributed by atoms with E-state index in [0.717, 1.165) is 37.4 Å².